The van der Waals surface area contributed by atoms with Crippen LogP contribution in [0.5, 0.6) is 11.5 Å². The normalized spacial score (nSPS) is 23.2. The van der Waals surface area contributed by atoms with Crippen molar-refractivity contribution in [2.24, 2.45) is 4.99 Å². The third-order valence-corrected chi connectivity index (χ3v) is 6.04. The highest BCUT2D eigenvalue weighted by molar-refractivity contribution is 5.80. The summed E-state index contributed by atoms with van der Waals surface area (Å²) in [4.78, 5) is 6.82. The van der Waals surface area contributed by atoms with Gasteiger partial charge in [-0.3, -0.25) is 4.99 Å². The molecule has 1 unspecified atom stereocenters. The maximum Gasteiger partial charge on any atom is 0.193 e. The third kappa shape index (κ3) is 5.58. The van der Waals surface area contributed by atoms with Crippen LogP contribution in [0.2, 0.25) is 0 Å². The number of hydrogen-bond donors (Lipinski definition) is 1. The number of benzene rings is 1. The molecule has 1 aromatic carbocycles. The highest BCUT2D eigenvalue weighted by Crippen LogP contribution is 2.33. The summed E-state index contributed by atoms with van der Waals surface area (Å²) in [5.74, 6) is 2.62. The number of likely N-dealkylation sites (tertiary alicyclic amines) is 1. The lowest BCUT2D eigenvalue weighted by atomic mass is 10.1. The van der Waals surface area contributed by atoms with Gasteiger partial charge in [-0.15, -0.1) is 0 Å². The Morgan fingerprint density at radius 3 is 2.77 bits per heavy atom. The maximum atomic E-state index is 6.15. The van der Waals surface area contributed by atoms with Crippen LogP contribution in [0.25, 0.3) is 0 Å². The minimum Gasteiger partial charge on any atom is -0.490 e. The average molecular weight is 418 g/mol. The molecule has 3 heterocycles. The van der Waals surface area contributed by atoms with Crippen LogP contribution >= 0.6 is 0 Å². The van der Waals surface area contributed by atoms with Gasteiger partial charge in [0.25, 0.3) is 0 Å². The van der Waals surface area contributed by atoms with E-state index >= 15 is 0 Å². The predicted molar refractivity (Wildman–Crippen MR) is 116 cm³/mol. The molecule has 0 spiro atoms. The topological polar surface area (TPSA) is 64.6 Å². The fraction of sp³-hybridized carbons (Fsp3) is 0.696. The third-order valence-electron chi connectivity index (χ3n) is 6.04. The Bertz CT molecular complexity index is 698. The molecule has 0 amide bonds. The Morgan fingerprint density at radius 2 is 1.97 bits per heavy atom. The van der Waals surface area contributed by atoms with Crippen molar-refractivity contribution in [2.45, 2.75) is 57.3 Å². The largest absolute Gasteiger partial charge is 0.490 e. The Labute approximate surface area is 179 Å². The molecule has 166 valence electrons. The summed E-state index contributed by atoms with van der Waals surface area (Å²) in [6, 6.07) is 6.08. The number of aliphatic imine (C=N–C) groups is 1. The molecule has 1 N–H and O–H groups in total. The number of guanidine groups is 1. The van der Waals surface area contributed by atoms with Gasteiger partial charge >= 0.3 is 0 Å². The first-order valence-corrected chi connectivity index (χ1v) is 11.4. The van der Waals surface area contributed by atoms with Gasteiger partial charge in [0.15, 0.2) is 17.5 Å². The van der Waals surface area contributed by atoms with E-state index in [1.54, 1.807) is 0 Å². The monoisotopic (exact) mass is 417 g/mol. The van der Waals surface area contributed by atoms with Crippen molar-refractivity contribution in [2.75, 3.05) is 46.6 Å². The predicted octanol–water partition coefficient (Wildman–Crippen LogP) is 2.97. The molecule has 7 nitrogen and oxygen atoms in total. The zero-order chi connectivity index (χ0) is 20.6. The van der Waals surface area contributed by atoms with E-state index in [1.165, 1.54) is 12.8 Å². The molecule has 2 fully saturated rings. The fourth-order valence-electron chi connectivity index (χ4n) is 4.32. The second-order valence-electron chi connectivity index (χ2n) is 8.20. The number of fused-ring (bicyclic) bond motifs is 1. The minimum absolute atomic E-state index is 0.290. The number of nitrogens with zero attached hydrogens (tertiary/aromatic N) is 2. The molecule has 0 saturated carbocycles. The molecule has 7 heteroatoms. The van der Waals surface area contributed by atoms with Crippen molar-refractivity contribution in [1.29, 1.82) is 0 Å². The molecular formula is C23H35N3O4. The van der Waals surface area contributed by atoms with Gasteiger partial charge in [0.2, 0.25) is 0 Å². The van der Waals surface area contributed by atoms with Crippen molar-refractivity contribution in [3.63, 3.8) is 0 Å². The van der Waals surface area contributed by atoms with Gasteiger partial charge in [-0.2, -0.15) is 0 Å². The number of nitrogens with one attached hydrogen (secondary N) is 1. The molecule has 2 saturated heterocycles. The Balaban J connectivity index is 1.24. The van der Waals surface area contributed by atoms with Gasteiger partial charge in [0.05, 0.1) is 32.0 Å². The molecule has 0 bridgehead atoms. The number of para-hydroxylation sites is 1. The van der Waals surface area contributed by atoms with E-state index in [1.807, 2.05) is 19.2 Å². The summed E-state index contributed by atoms with van der Waals surface area (Å²) >= 11 is 0. The van der Waals surface area contributed by atoms with Crippen molar-refractivity contribution in [3.8, 4) is 11.5 Å². The maximum absolute atomic E-state index is 6.15. The fourth-order valence-corrected chi connectivity index (χ4v) is 4.32. The molecule has 3 aliphatic rings. The van der Waals surface area contributed by atoms with Crippen LogP contribution in [0, 0.1) is 0 Å². The van der Waals surface area contributed by atoms with Gasteiger partial charge in [-0.1, -0.05) is 12.1 Å². The molecule has 30 heavy (non-hydrogen) atoms. The number of piperidine rings is 1. The highest BCUT2D eigenvalue weighted by atomic mass is 16.5. The second kappa shape index (κ2) is 10.9. The quantitative estimate of drug-likeness (QED) is 0.587. The van der Waals surface area contributed by atoms with Crippen LogP contribution in [-0.2, 0) is 16.0 Å². The molecule has 3 aliphatic heterocycles. The van der Waals surface area contributed by atoms with E-state index in [0.29, 0.717) is 32.0 Å². The van der Waals surface area contributed by atoms with Gasteiger partial charge in [0.1, 0.15) is 0 Å². The molecule has 1 aromatic rings. The van der Waals surface area contributed by atoms with E-state index in [4.69, 9.17) is 18.9 Å². The molecular weight excluding hydrogens is 382 g/mol. The van der Waals surface area contributed by atoms with Crippen LogP contribution in [-0.4, -0.2) is 69.6 Å². The van der Waals surface area contributed by atoms with Gasteiger partial charge < -0.3 is 29.2 Å². The number of rotatable bonds is 5. The van der Waals surface area contributed by atoms with Crippen molar-refractivity contribution in [1.82, 2.24) is 10.2 Å². The van der Waals surface area contributed by atoms with Crippen LogP contribution < -0.4 is 14.8 Å². The summed E-state index contributed by atoms with van der Waals surface area (Å²) < 4.78 is 23.7. The second-order valence-corrected chi connectivity index (χ2v) is 8.20. The summed E-state index contributed by atoms with van der Waals surface area (Å²) in [5.41, 5.74) is 1.10. The van der Waals surface area contributed by atoms with Gasteiger partial charge in [-0.25, -0.2) is 0 Å². The lowest BCUT2D eigenvalue weighted by Gasteiger charge is -2.35. The zero-order valence-electron chi connectivity index (χ0n) is 18.1. The smallest absolute Gasteiger partial charge is 0.193 e. The SMILES string of the molecule is CN=C(NCc1cccc2c1OCCCO2)N1CCC(OCC2CCCCO2)CC1. The first-order valence-electron chi connectivity index (χ1n) is 11.4. The molecule has 0 radical (unpaired) electrons. The lowest BCUT2D eigenvalue weighted by molar-refractivity contribution is -0.0721. The minimum atomic E-state index is 0.290. The van der Waals surface area contributed by atoms with Crippen LogP contribution in [0.3, 0.4) is 0 Å². The first-order chi connectivity index (χ1) is 14.8. The van der Waals surface area contributed by atoms with E-state index in [-0.39, 0.29) is 0 Å². The molecule has 1 atom stereocenters. The zero-order valence-corrected chi connectivity index (χ0v) is 18.1. The number of ether oxygens (including phenoxy) is 4. The lowest BCUT2D eigenvalue weighted by Crippen LogP contribution is -2.47. The summed E-state index contributed by atoms with van der Waals surface area (Å²) in [6.45, 7) is 5.57. The van der Waals surface area contributed by atoms with Crippen LogP contribution in [0.4, 0.5) is 0 Å². The van der Waals surface area contributed by atoms with E-state index in [2.05, 4.69) is 21.3 Å². The molecule has 4 rings (SSSR count). The Hall–Kier alpha value is -1.99. The molecule has 0 aromatic heterocycles. The first kappa shape index (κ1) is 21.2. The molecule has 0 aliphatic carbocycles. The Morgan fingerprint density at radius 1 is 1.10 bits per heavy atom. The number of hydrogen-bond acceptors (Lipinski definition) is 5. The van der Waals surface area contributed by atoms with E-state index in [9.17, 15) is 0 Å². The Kier molecular flexibility index (Phi) is 7.70. The van der Waals surface area contributed by atoms with Crippen LogP contribution in [0.1, 0.15) is 44.1 Å². The van der Waals surface area contributed by atoms with Gasteiger partial charge in [0, 0.05) is 45.3 Å². The van der Waals surface area contributed by atoms with E-state index in [0.717, 1.165) is 75.0 Å². The summed E-state index contributed by atoms with van der Waals surface area (Å²) in [5, 5.41) is 3.50. The summed E-state index contributed by atoms with van der Waals surface area (Å²) in [6.07, 6.45) is 7.14. The summed E-state index contributed by atoms with van der Waals surface area (Å²) in [7, 11) is 1.84. The van der Waals surface area contributed by atoms with Gasteiger partial charge in [-0.05, 0) is 38.2 Å². The van der Waals surface area contributed by atoms with Crippen LogP contribution in [0.15, 0.2) is 23.2 Å². The van der Waals surface area contributed by atoms with Crippen molar-refractivity contribution in [3.05, 3.63) is 23.8 Å². The van der Waals surface area contributed by atoms with Crippen molar-refractivity contribution >= 4 is 5.96 Å². The van der Waals surface area contributed by atoms with E-state index < -0.39 is 0 Å². The average Bonchev–Trinajstić information content (AvgIpc) is 3.06. The standard InChI is InChI=1S/C23H35N3O4/c1-24-23(25-16-18-6-4-8-21-22(18)29-15-5-14-28-21)26-11-9-19(10-12-26)30-17-20-7-2-3-13-27-20/h4,6,8,19-20H,2-3,5,7,9-17H2,1H3,(H,24,25). The van der Waals surface area contributed by atoms with Crippen molar-refractivity contribution < 1.29 is 18.9 Å². The highest BCUT2D eigenvalue weighted by Gasteiger charge is 2.24.